The number of carbonyl (C=O) groups is 1. The maximum absolute atomic E-state index is 12.0. The molecule has 1 aromatic carbocycles. The maximum Gasteiger partial charge on any atom is 0.315 e. The third-order valence-electron chi connectivity index (χ3n) is 3.94. The second-order valence-corrected chi connectivity index (χ2v) is 7.76. The Balaban J connectivity index is 1.47. The highest BCUT2D eigenvalue weighted by atomic mass is 32.2. The van der Waals surface area contributed by atoms with Crippen LogP contribution in [0.15, 0.2) is 30.3 Å². The van der Waals surface area contributed by atoms with Crippen LogP contribution in [-0.4, -0.2) is 33.8 Å². The van der Waals surface area contributed by atoms with Gasteiger partial charge in [-0.3, -0.25) is 0 Å². The lowest BCUT2D eigenvalue weighted by atomic mass is 10.2. The molecule has 23 heavy (non-hydrogen) atoms. The smallest absolute Gasteiger partial charge is 0.315 e. The van der Waals surface area contributed by atoms with Gasteiger partial charge in [-0.05, 0) is 25.5 Å². The number of rotatable bonds is 5. The Morgan fingerprint density at radius 1 is 1.30 bits per heavy atom. The SMILES string of the molecule is CS[C@H]1CC[C@@H](NC(=O)NCc2nnc(-c3ccccc3)s2)C1. The topological polar surface area (TPSA) is 66.9 Å². The molecule has 1 saturated carbocycles. The van der Waals surface area contributed by atoms with E-state index in [0.29, 0.717) is 17.8 Å². The third-order valence-corrected chi connectivity index (χ3v) is 6.01. The molecule has 1 aromatic heterocycles. The Bertz CT molecular complexity index is 647. The van der Waals surface area contributed by atoms with E-state index in [4.69, 9.17) is 0 Å². The molecule has 2 aromatic rings. The number of amides is 2. The number of nitrogens with zero attached hydrogens (tertiary/aromatic N) is 2. The van der Waals surface area contributed by atoms with Crippen molar-refractivity contribution in [1.29, 1.82) is 0 Å². The lowest BCUT2D eigenvalue weighted by Crippen LogP contribution is -2.40. The summed E-state index contributed by atoms with van der Waals surface area (Å²) in [7, 11) is 0. The van der Waals surface area contributed by atoms with Gasteiger partial charge in [0.25, 0.3) is 0 Å². The van der Waals surface area contributed by atoms with Crippen LogP contribution in [0.25, 0.3) is 10.6 Å². The molecular weight excluding hydrogens is 328 g/mol. The summed E-state index contributed by atoms with van der Waals surface area (Å²) in [4.78, 5) is 12.0. The molecule has 0 unspecified atom stereocenters. The number of hydrogen-bond acceptors (Lipinski definition) is 5. The van der Waals surface area contributed by atoms with Gasteiger partial charge in [0.1, 0.15) is 10.0 Å². The van der Waals surface area contributed by atoms with Crippen LogP contribution in [-0.2, 0) is 6.54 Å². The zero-order valence-corrected chi connectivity index (χ0v) is 14.6. The minimum absolute atomic E-state index is 0.117. The summed E-state index contributed by atoms with van der Waals surface area (Å²) in [5, 5.41) is 16.6. The van der Waals surface area contributed by atoms with Crippen LogP contribution in [0.3, 0.4) is 0 Å². The average Bonchev–Trinajstić information content (AvgIpc) is 3.23. The molecule has 0 radical (unpaired) electrons. The summed E-state index contributed by atoms with van der Waals surface area (Å²) in [6, 6.07) is 10.1. The van der Waals surface area contributed by atoms with Crippen LogP contribution in [0, 0.1) is 0 Å². The van der Waals surface area contributed by atoms with Gasteiger partial charge in [0.05, 0.1) is 6.54 Å². The zero-order chi connectivity index (χ0) is 16.1. The van der Waals surface area contributed by atoms with Gasteiger partial charge in [-0.25, -0.2) is 4.79 Å². The molecule has 1 aliphatic rings. The van der Waals surface area contributed by atoms with E-state index in [1.165, 1.54) is 17.8 Å². The van der Waals surface area contributed by atoms with Gasteiger partial charge < -0.3 is 10.6 Å². The van der Waals surface area contributed by atoms with E-state index < -0.39 is 0 Å². The van der Waals surface area contributed by atoms with Crippen LogP contribution in [0.2, 0.25) is 0 Å². The molecule has 7 heteroatoms. The van der Waals surface area contributed by atoms with Crippen LogP contribution in [0.4, 0.5) is 4.79 Å². The number of carbonyl (C=O) groups excluding carboxylic acids is 1. The normalized spacial score (nSPS) is 20.4. The highest BCUT2D eigenvalue weighted by Gasteiger charge is 2.25. The van der Waals surface area contributed by atoms with Gasteiger partial charge in [-0.1, -0.05) is 41.7 Å². The standard InChI is InChI=1S/C16H20N4OS2/c1-22-13-8-7-12(9-13)18-16(21)17-10-14-19-20-15(23-14)11-5-3-2-4-6-11/h2-6,12-13H,7-10H2,1H3,(H2,17,18,21)/t12-,13+/m1/s1. The van der Waals surface area contributed by atoms with Crippen LogP contribution < -0.4 is 10.6 Å². The molecule has 1 aliphatic carbocycles. The fraction of sp³-hybridized carbons (Fsp3) is 0.438. The molecule has 0 bridgehead atoms. The molecule has 0 spiro atoms. The van der Waals surface area contributed by atoms with Crippen LogP contribution >= 0.6 is 23.1 Å². The predicted molar refractivity (Wildman–Crippen MR) is 95.7 cm³/mol. The van der Waals surface area contributed by atoms with Crippen molar-refractivity contribution in [3.63, 3.8) is 0 Å². The second kappa shape index (κ2) is 7.79. The number of nitrogens with one attached hydrogen (secondary N) is 2. The van der Waals surface area contributed by atoms with Crippen LogP contribution in [0.5, 0.6) is 0 Å². The Morgan fingerprint density at radius 2 is 2.13 bits per heavy atom. The van der Waals surface area contributed by atoms with E-state index >= 15 is 0 Å². The maximum atomic E-state index is 12.0. The summed E-state index contributed by atoms with van der Waals surface area (Å²) < 4.78 is 0. The van der Waals surface area contributed by atoms with E-state index in [0.717, 1.165) is 28.4 Å². The first-order chi connectivity index (χ1) is 11.2. The first kappa shape index (κ1) is 16.3. The molecule has 122 valence electrons. The van der Waals surface area contributed by atoms with Crippen molar-refractivity contribution < 1.29 is 4.79 Å². The van der Waals surface area contributed by atoms with Gasteiger partial charge in [0, 0.05) is 16.9 Å². The van der Waals surface area contributed by atoms with Crippen molar-refractivity contribution in [2.75, 3.05) is 6.26 Å². The molecule has 2 N–H and O–H groups in total. The third kappa shape index (κ3) is 4.45. The minimum Gasteiger partial charge on any atom is -0.335 e. The molecule has 2 amide bonds. The van der Waals surface area contributed by atoms with Gasteiger partial charge >= 0.3 is 6.03 Å². The van der Waals surface area contributed by atoms with E-state index in [9.17, 15) is 4.79 Å². The molecule has 1 fully saturated rings. The fourth-order valence-electron chi connectivity index (χ4n) is 2.70. The molecule has 0 saturated heterocycles. The van der Waals surface area contributed by atoms with Gasteiger partial charge in [0.15, 0.2) is 0 Å². The Labute approximate surface area is 144 Å². The van der Waals surface area contributed by atoms with E-state index in [1.54, 1.807) is 0 Å². The molecule has 5 nitrogen and oxygen atoms in total. The Hall–Kier alpha value is -1.60. The largest absolute Gasteiger partial charge is 0.335 e. The second-order valence-electron chi connectivity index (χ2n) is 5.56. The minimum atomic E-state index is -0.117. The number of aromatic nitrogens is 2. The average molecular weight is 348 g/mol. The van der Waals surface area contributed by atoms with Gasteiger partial charge in [-0.15, -0.1) is 10.2 Å². The number of benzene rings is 1. The highest BCUT2D eigenvalue weighted by Crippen LogP contribution is 2.28. The van der Waals surface area contributed by atoms with E-state index in [2.05, 4.69) is 27.1 Å². The number of thioether (sulfide) groups is 1. The molecule has 3 rings (SSSR count). The van der Waals surface area contributed by atoms with Crippen molar-refractivity contribution in [2.24, 2.45) is 0 Å². The van der Waals surface area contributed by atoms with Crippen molar-refractivity contribution in [3.05, 3.63) is 35.3 Å². The van der Waals surface area contributed by atoms with Crippen molar-refractivity contribution in [2.45, 2.75) is 37.1 Å². The highest BCUT2D eigenvalue weighted by molar-refractivity contribution is 7.99. The molecule has 1 heterocycles. The first-order valence-electron chi connectivity index (χ1n) is 7.69. The monoisotopic (exact) mass is 348 g/mol. The van der Waals surface area contributed by atoms with Crippen molar-refractivity contribution >= 4 is 29.1 Å². The van der Waals surface area contributed by atoms with Crippen molar-refractivity contribution in [1.82, 2.24) is 20.8 Å². The zero-order valence-electron chi connectivity index (χ0n) is 13.0. The molecule has 0 aliphatic heterocycles. The Morgan fingerprint density at radius 3 is 2.87 bits per heavy atom. The van der Waals surface area contributed by atoms with E-state index in [-0.39, 0.29) is 6.03 Å². The number of hydrogen-bond donors (Lipinski definition) is 2. The van der Waals surface area contributed by atoms with Crippen LogP contribution in [0.1, 0.15) is 24.3 Å². The summed E-state index contributed by atoms with van der Waals surface area (Å²) in [6.45, 7) is 0.412. The Kier molecular flexibility index (Phi) is 5.51. The molecular formula is C16H20N4OS2. The first-order valence-corrected chi connectivity index (χ1v) is 9.80. The lowest BCUT2D eigenvalue weighted by molar-refractivity contribution is 0.236. The summed E-state index contributed by atoms with van der Waals surface area (Å²) in [5.74, 6) is 0. The van der Waals surface area contributed by atoms with Gasteiger partial charge in [-0.2, -0.15) is 11.8 Å². The van der Waals surface area contributed by atoms with Gasteiger partial charge in [0.2, 0.25) is 0 Å². The quantitative estimate of drug-likeness (QED) is 0.870. The summed E-state index contributed by atoms with van der Waals surface area (Å²) >= 11 is 3.39. The fourth-order valence-corrected chi connectivity index (χ4v) is 4.28. The number of urea groups is 1. The summed E-state index contributed by atoms with van der Waals surface area (Å²) in [6.07, 6.45) is 5.44. The predicted octanol–water partition coefficient (Wildman–Crippen LogP) is 3.29. The molecule has 2 atom stereocenters. The summed E-state index contributed by atoms with van der Waals surface area (Å²) in [5.41, 5.74) is 1.05. The lowest BCUT2D eigenvalue weighted by Gasteiger charge is -2.13. The van der Waals surface area contributed by atoms with E-state index in [1.807, 2.05) is 42.1 Å². The van der Waals surface area contributed by atoms with Crippen molar-refractivity contribution in [3.8, 4) is 10.6 Å².